The van der Waals surface area contributed by atoms with Crippen molar-refractivity contribution < 1.29 is 9.90 Å². The lowest BCUT2D eigenvalue weighted by atomic mass is 9.98. The molecule has 0 aliphatic rings. The molecule has 0 saturated carbocycles. The zero-order valence-electron chi connectivity index (χ0n) is 13.3. The van der Waals surface area contributed by atoms with Gasteiger partial charge >= 0.3 is 5.97 Å². The molecule has 5 N–H and O–H groups in total. The van der Waals surface area contributed by atoms with E-state index in [9.17, 15) is 9.90 Å². The minimum Gasteiger partial charge on any atom is -0.477 e. The first kappa shape index (κ1) is 16.5. The number of nitrogens with one attached hydrogen (secondary N) is 2. The molecular weight excluding hydrogens is 292 g/mol. The average Bonchev–Trinajstić information content (AvgIpc) is 2.46. The molecule has 120 valence electrons. The first-order valence-corrected chi connectivity index (χ1v) is 7.26. The van der Waals surface area contributed by atoms with Crippen LogP contribution < -0.4 is 11.1 Å². The minimum atomic E-state index is -1.16. The summed E-state index contributed by atoms with van der Waals surface area (Å²) in [5, 5.41) is 20.5. The Labute approximate surface area is 134 Å². The molecule has 0 saturated heterocycles. The monoisotopic (exact) mass is 312 g/mol. The lowest BCUT2D eigenvalue weighted by Crippen LogP contribution is -2.16. The molecule has 0 bridgehead atoms. The fourth-order valence-electron chi connectivity index (χ4n) is 2.20. The summed E-state index contributed by atoms with van der Waals surface area (Å²) in [6.07, 6.45) is 0. The van der Waals surface area contributed by atoms with Crippen LogP contribution in [0.15, 0.2) is 30.3 Å². The van der Waals surface area contributed by atoms with Crippen molar-refractivity contribution >= 4 is 28.9 Å². The lowest BCUT2D eigenvalue weighted by Gasteiger charge is -2.17. The molecule has 1 aromatic carbocycles. The Morgan fingerprint density at radius 1 is 1.35 bits per heavy atom. The molecule has 6 nitrogen and oxygen atoms in total. The number of hydrogen-bond donors (Lipinski definition) is 4. The number of carboxylic acid groups (broad SMARTS) is 1. The van der Waals surface area contributed by atoms with Crippen molar-refractivity contribution in [2.45, 2.75) is 20.8 Å². The van der Waals surface area contributed by atoms with Crippen LogP contribution in [0, 0.1) is 18.3 Å². The molecule has 0 fully saturated rings. The maximum Gasteiger partial charge on any atom is 0.354 e. The Bertz CT molecular complexity index is 769. The number of anilines is 3. The van der Waals surface area contributed by atoms with E-state index in [1.807, 2.05) is 45.0 Å². The maximum atomic E-state index is 11.2. The van der Waals surface area contributed by atoms with Gasteiger partial charge < -0.3 is 21.6 Å². The molecule has 0 spiro atoms. The summed E-state index contributed by atoms with van der Waals surface area (Å²) in [6, 6.07) is 8.89. The summed E-state index contributed by atoms with van der Waals surface area (Å²) >= 11 is 0. The first-order valence-electron chi connectivity index (χ1n) is 7.26. The van der Waals surface area contributed by atoms with Gasteiger partial charge in [0.2, 0.25) is 0 Å². The SMILES string of the molecule is Cc1cccc(Nc2nc(C(=O)O)cc(N)c2C(=N)C(C)C)c1. The molecule has 0 radical (unpaired) electrons. The standard InChI is InChI=1S/C17H20N4O2/c1-9(2)15(19)14-12(18)8-13(17(22)23)21-16(14)20-11-6-4-5-10(3)7-11/h4-9,19H,1-3H3,(H,22,23)(H3,18,20,21). The predicted molar refractivity (Wildman–Crippen MR) is 91.7 cm³/mol. The van der Waals surface area contributed by atoms with Gasteiger partial charge in [0.05, 0.1) is 5.56 Å². The van der Waals surface area contributed by atoms with Crippen LogP contribution in [0.4, 0.5) is 17.2 Å². The minimum absolute atomic E-state index is 0.0622. The summed E-state index contributed by atoms with van der Waals surface area (Å²) in [7, 11) is 0. The van der Waals surface area contributed by atoms with Crippen LogP contribution in [0.3, 0.4) is 0 Å². The van der Waals surface area contributed by atoms with Crippen LogP contribution in [-0.4, -0.2) is 21.8 Å². The van der Waals surface area contributed by atoms with E-state index in [-0.39, 0.29) is 23.1 Å². The van der Waals surface area contributed by atoms with Crippen LogP contribution in [0.1, 0.15) is 35.5 Å². The highest BCUT2D eigenvalue weighted by molar-refractivity contribution is 6.09. The summed E-state index contributed by atoms with van der Waals surface area (Å²) in [5.74, 6) is -0.939. The van der Waals surface area contributed by atoms with Gasteiger partial charge in [0.15, 0.2) is 5.69 Å². The molecule has 0 unspecified atom stereocenters. The molecule has 2 aromatic rings. The number of carbonyl (C=O) groups is 1. The van der Waals surface area contributed by atoms with Gasteiger partial charge in [-0.3, -0.25) is 0 Å². The van der Waals surface area contributed by atoms with E-state index in [0.29, 0.717) is 11.3 Å². The largest absolute Gasteiger partial charge is 0.477 e. The zero-order valence-corrected chi connectivity index (χ0v) is 13.3. The van der Waals surface area contributed by atoms with Crippen molar-refractivity contribution in [3.05, 3.63) is 47.2 Å². The molecule has 0 aliphatic carbocycles. The number of pyridine rings is 1. The third-order valence-electron chi connectivity index (χ3n) is 3.40. The summed E-state index contributed by atoms with van der Waals surface area (Å²) in [5.41, 5.74) is 8.63. The van der Waals surface area contributed by atoms with Gasteiger partial charge in [-0.1, -0.05) is 26.0 Å². The van der Waals surface area contributed by atoms with E-state index in [0.717, 1.165) is 11.3 Å². The molecule has 1 heterocycles. The highest BCUT2D eigenvalue weighted by Crippen LogP contribution is 2.27. The van der Waals surface area contributed by atoms with Gasteiger partial charge in [-0.05, 0) is 36.6 Å². The smallest absolute Gasteiger partial charge is 0.354 e. The molecule has 0 aliphatic heterocycles. The van der Waals surface area contributed by atoms with Crippen molar-refractivity contribution in [1.82, 2.24) is 4.98 Å². The molecule has 1 aromatic heterocycles. The third-order valence-corrected chi connectivity index (χ3v) is 3.40. The van der Waals surface area contributed by atoms with Gasteiger partial charge in [-0.15, -0.1) is 0 Å². The van der Waals surface area contributed by atoms with Crippen molar-refractivity contribution in [2.75, 3.05) is 11.1 Å². The number of benzene rings is 1. The van der Waals surface area contributed by atoms with Gasteiger partial charge in [0.25, 0.3) is 0 Å². The van der Waals surface area contributed by atoms with Crippen molar-refractivity contribution in [3.8, 4) is 0 Å². The topological polar surface area (TPSA) is 112 Å². The predicted octanol–water partition coefficient (Wildman–Crippen LogP) is 3.44. The van der Waals surface area contributed by atoms with Gasteiger partial charge in [-0.25, -0.2) is 9.78 Å². The van der Waals surface area contributed by atoms with Crippen LogP contribution >= 0.6 is 0 Å². The van der Waals surface area contributed by atoms with E-state index < -0.39 is 5.97 Å². The van der Waals surface area contributed by atoms with Gasteiger partial charge in [-0.2, -0.15) is 0 Å². The molecule has 2 rings (SSSR count). The number of aryl methyl sites for hydroxylation is 1. The normalized spacial score (nSPS) is 10.6. The van der Waals surface area contributed by atoms with Crippen LogP contribution in [0.5, 0.6) is 0 Å². The van der Waals surface area contributed by atoms with Crippen molar-refractivity contribution in [2.24, 2.45) is 5.92 Å². The molecule has 0 atom stereocenters. The van der Waals surface area contributed by atoms with Gasteiger partial charge in [0.1, 0.15) is 5.82 Å². The number of hydrogen-bond acceptors (Lipinski definition) is 5. The molecule has 6 heteroatoms. The van der Waals surface area contributed by atoms with Crippen molar-refractivity contribution in [1.29, 1.82) is 5.41 Å². The molecule has 23 heavy (non-hydrogen) atoms. The van der Waals surface area contributed by atoms with E-state index in [1.165, 1.54) is 6.07 Å². The molecular formula is C17H20N4O2. The number of rotatable bonds is 5. The van der Waals surface area contributed by atoms with Gasteiger partial charge in [0, 0.05) is 17.1 Å². The summed E-state index contributed by atoms with van der Waals surface area (Å²) in [6.45, 7) is 5.71. The van der Waals surface area contributed by atoms with Crippen LogP contribution in [-0.2, 0) is 0 Å². The first-order chi connectivity index (χ1) is 10.8. The fraction of sp³-hybridized carbons (Fsp3) is 0.235. The highest BCUT2D eigenvalue weighted by Gasteiger charge is 2.20. The average molecular weight is 312 g/mol. The number of nitrogens with zero attached hydrogens (tertiary/aromatic N) is 1. The fourth-order valence-corrected chi connectivity index (χ4v) is 2.20. The van der Waals surface area contributed by atoms with Crippen LogP contribution in [0.2, 0.25) is 0 Å². The quantitative estimate of drug-likeness (QED) is 0.632. The van der Waals surface area contributed by atoms with E-state index in [4.69, 9.17) is 11.1 Å². The number of aromatic nitrogens is 1. The van der Waals surface area contributed by atoms with E-state index in [2.05, 4.69) is 10.3 Å². The Morgan fingerprint density at radius 3 is 2.61 bits per heavy atom. The number of nitrogen functional groups attached to an aromatic ring is 1. The second kappa shape index (κ2) is 6.48. The van der Waals surface area contributed by atoms with Crippen LogP contribution in [0.25, 0.3) is 0 Å². The van der Waals surface area contributed by atoms with E-state index >= 15 is 0 Å². The number of aromatic carboxylic acids is 1. The van der Waals surface area contributed by atoms with E-state index in [1.54, 1.807) is 0 Å². The Kier molecular flexibility index (Phi) is 4.64. The zero-order chi connectivity index (χ0) is 17.1. The number of carboxylic acids is 1. The lowest BCUT2D eigenvalue weighted by molar-refractivity contribution is 0.0690. The third kappa shape index (κ3) is 3.66. The van der Waals surface area contributed by atoms with Crippen molar-refractivity contribution in [3.63, 3.8) is 0 Å². The number of nitrogens with two attached hydrogens (primary N) is 1. The maximum absolute atomic E-state index is 11.2. The Hall–Kier alpha value is -2.89. The Balaban J connectivity index is 2.57. The summed E-state index contributed by atoms with van der Waals surface area (Å²) in [4.78, 5) is 15.4. The second-order valence-electron chi connectivity index (χ2n) is 5.69. The molecule has 0 amide bonds. The second-order valence-corrected chi connectivity index (χ2v) is 5.69. The summed E-state index contributed by atoms with van der Waals surface area (Å²) < 4.78 is 0. The Morgan fingerprint density at radius 2 is 2.04 bits per heavy atom. The highest BCUT2D eigenvalue weighted by atomic mass is 16.4.